The molecule has 0 spiro atoms. The lowest BCUT2D eigenvalue weighted by atomic mass is 10.1. The molecule has 31 heavy (non-hydrogen) atoms. The molecule has 0 aliphatic rings. The van der Waals surface area contributed by atoms with Crippen molar-refractivity contribution in [2.45, 2.75) is 38.5 Å². The second kappa shape index (κ2) is 8.89. The second-order valence-electron chi connectivity index (χ2n) is 7.39. The predicted octanol–water partition coefficient (Wildman–Crippen LogP) is 3.86. The summed E-state index contributed by atoms with van der Waals surface area (Å²) in [5.41, 5.74) is 3.61. The molecule has 9 heteroatoms. The van der Waals surface area contributed by atoms with Crippen molar-refractivity contribution in [3.8, 4) is 0 Å². The Labute approximate surface area is 181 Å². The first-order valence-electron chi connectivity index (χ1n) is 9.75. The van der Waals surface area contributed by atoms with Gasteiger partial charge in [0.2, 0.25) is 5.91 Å². The van der Waals surface area contributed by atoms with E-state index in [9.17, 15) is 17.6 Å². The van der Waals surface area contributed by atoms with Gasteiger partial charge in [0.15, 0.2) is 0 Å². The molecule has 0 aliphatic carbocycles. The highest BCUT2D eigenvalue weighted by Gasteiger charge is 2.20. The molecule has 1 amide bonds. The van der Waals surface area contributed by atoms with Crippen LogP contribution in [0.2, 0.25) is 0 Å². The van der Waals surface area contributed by atoms with E-state index in [1.165, 1.54) is 30.3 Å². The molecule has 0 bridgehead atoms. The number of benzene rings is 2. The number of hydrogen-bond donors (Lipinski definition) is 2. The van der Waals surface area contributed by atoms with Gasteiger partial charge in [0.1, 0.15) is 5.82 Å². The van der Waals surface area contributed by atoms with E-state index in [1.54, 1.807) is 23.7 Å². The number of hydrogen-bond acceptors (Lipinski definition) is 4. The number of nitrogens with zero attached hydrogens (tertiary/aromatic N) is 2. The van der Waals surface area contributed by atoms with E-state index in [0.717, 1.165) is 17.0 Å². The molecule has 164 valence electrons. The molecular weight excluding hydrogens is 419 g/mol. The van der Waals surface area contributed by atoms with Crippen LogP contribution in [-0.4, -0.2) is 24.1 Å². The Morgan fingerprint density at radius 3 is 2.48 bits per heavy atom. The van der Waals surface area contributed by atoms with Gasteiger partial charge in [-0.2, -0.15) is 5.10 Å². The van der Waals surface area contributed by atoms with Crippen molar-refractivity contribution >= 4 is 27.3 Å². The summed E-state index contributed by atoms with van der Waals surface area (Å²) in [6.07, 6.45) is 0.764. The maximum absolute atomic E-state index is 13.9. The topological polar surface area (TPSA) is 93.1 Å². The minimum absolute atomic E-state index is 0.0347. The number of carbonyl (C=O) groups excluding carboxylic acids is 1. The zero-order chi connectivity index (χ0) is 22.8. The van der Waals surface area contributed by atoms with Gasteiger partial charge in [-0.15, -0.1) is 0 Å². The standard InChI is InChI=1S/C22H25FN4O3S/c1-14-9-10-17(24-22(28)12-11-18-15(2)25-27(4)16(18)3)13-21(14)31(29,30)26-20-8-6-5-7-19(20)23/h5-10,13,26H,11-12H2,1-4H3,(H,24,28). The van der Waals surface area contributed by atoms with Gasteiger partial charge in [-0.1, -0.05) is 18.2 Å². The second-order valence-corrected chi connectivity index (χ2v) is 9.04. The highest BCUT2D eigenvalue weighted by molar-refractivity contribution is 7.92. The van der Waals surface area contributed by atoms with E-state index < -0.39 is 15.8 Å². The first-order valence-corrected chi connectivity index (χ1v) is 11.2. The highest BCUT2D eigenvalue weighted by atomic mass is 32.2. The molecule has 0 atom stereocenters. The Morgan fingerprint density at radius 2 is 1.84 bits per heavy atom. The number of aromatic nitrogens is 2. The van der Waals surface area contributed by atoms with Crippen LogP contribution in [-0.2, 0) is 28.3 Å². The molecule has 7 nitrogen and oxygen atoms in total. The molecule has 1 aromatic heterocycles. The first kappa shape index (κ1) is 22.5. The van der Waals surface area contributed by atoms with Crippen molar-refractivity contribution in [2.75, 3.05) is 10.0 Å². The van der Waals surface area contributed by atoms with Crippen molar-refractivity contribution in [1.29, 1.82) is 0 Å². The average molecular weight is 445 g/mol. The molecule has 0 saturated carbocycles. The largest absolute Gasteiger partial charge is 0.326 e. The lowest BCUT2D eigenvalue weighted by Gasteiger charge is -2.13. The minimum atomic E-state index is -4.04. The Bertz CT molecular complexity index is 1240. The van der Waals surface area contributed by atoms with Crippen molar-refractivity contribution < 1.29 is 17.6 Å². The fourth-order valence-electron chi connectivity index (χ4n) is 3.35. The van der Waals surface area contributed by atoms with E-state index in [-0.39, 0.29) is 22.9 Å². The molecule has 0 radical (unpaired) electrons. The SMILES string of the molecule is Cc1ccc(NC(=O)CCc2c(C)nn(C)c2C)cc1S(=O)(=O)Nc1ccccc1F. The van der Waals surface area contributed by atoms with Crippen molar-refractivity contribution in [3.63, 3.8) is 0 Å². The summed E-state index contributed by atoms with van der Waals surface area (Å²) in [7, 11) is -2.18. The van der Waals surface area contributed by atoms with E-state index in [2.05, 4.69) is 15.1 Å². The van der Waals surface area contributed by atoms with Crippen LogP contribution in [0.5, 0.6) is 0 Å². The summed E-state index contributed by atoms with van der Waals surface area (Å²) in [6, 6.07) is 10.1. The van der Waals surface area contributed by atoms with Crippen molar-refractivity contribution in [3.05, 3.63) is 70.8 Å². The van der Waals surface area contributed by atoms with Crippen LogP contribution in [0.25, 0.3) is 0 Å². The maximum Gasteiger partial charge on any atom is 0.262 e. The van der Waals surface area contributed by atoms with Crippen LogP contribution in [0, 0.1) is 26.6 Å². The number of aryl methyl sites for hydroxylation is 3. The van der Waals surface area contributed by atoms with Crippen LogP contribution >= 0.6 is 0 Å². The summed E-state index contributed by atoms with van der Waals surface area (Å²) < 4.78 is 43.5. The normalized spacial score (nSPS) is 11.4. The minimum Gasteiger partial charge on any atom is -0.326 e. The summed E-state index contributed by atoms with van der Waals surface area (Å²) in [6.45, 7) is 5.49. The number of anilines is 2. The molecule has 3 aromatic rings. The fraction of sp³-hybridized carbons (Fsp3) is 0.273. The fourth-order valence-corrected chi connectivity index (χ4v) is 4.69. The molecule has 2 N–H and O–H groups in total. The maximum atomic E-state index is 13.9. The highest BCUT2D eigenvalue weighted by Crippen LogP contribution is 2.24. The van der Waals surface area contributed by atoms with Gasteiger partial charge in [-0.05, 0) is 62.6 Å². The lowest BCUT2D eigenvalue weighted by molar-refractivity contribution is -0.116. The van der Waals surface area contributed by atoms with Gasteiger partial charge >= 0.3 is 0 Å². The molecular formula is C22H25FN4O3S. The summed E-state index contributed by atoms with van der Waals surface area (Å²) in [5, 5.41) is 7.09. The zero-order valence-electron chi connectivity index (χ0n) is 17.9. The Kier molecular flexibility index (Phi) is 6.45. The van der Waals surface area contributed by atoms with Crippen LogP contribution in [0.1, 0.15) is 28.9 Å². The van der Waals surface area contributed by atoms with E-state index in [0.29, 0.717) is 17.7 Å². The molecule has 0 saturated heterocycles. The lowest BCUT2D eigenvalue weighted by Crippen LogP contribution is -2.17. The van der Waals surface area contributed by atoms with E-state index >= 15 is 0 Å². The van der Waals surface area contributed by atoms with Gasteiger partial charge in [0.25, 0.3) is 10.0 Å². The Hall–Kier alpha value is -3.20. The third kappa shape index (κ3) is 5.11. The average Bonchev–Trinajstić information content (AvgIpc) is 2.94. The van der Waals surface area contributed by atoms with Crippen molar-refractivity contribution in [2.24, 2.45) is 7.05 Å². The third-order valence-electron chi connectivity index (χ3n) is 5.14. The number of nitrogens with one attached hydrogen (secondary N) is 2. The van der Waals surface area contributed by atoms with Crippen LogP contribution in [0.4, 0.5) is 15.8 Å². The summed E-state index contributed by atoms with van der Waals surface area (Å²) in [4.78, 5) is 12.4. The van der Waals surface area contributed by atoms with E-state index in [1.807, 2.05) is 20.9 Å². The molecule has 0 aliphatic heterocycles. The molecule has 2 aromatic carbocycles. The van der Waals surface area contributed by atoms with Crippen LogP contribution in [0.15, 0.2) is 47.4 Å². The summed E-state index contributed by atoms with van der Waals surface area (Å²) >= 11 is 0. The number of halogens is 1. The Balaban J connectivity index is 1.74. The summed E-state index contributed by atoms with van der Waals surface area (Å²) in [5.74, 6) is -0.911. The number of rotatable bonds is 7. The first-order chi connectivity index (χ1) is 14.6. The van der Waals surface area contributed by atoms with Gasteiger partial charge in [-0.25, -0.2) is 12.8 Å². The van der Waals surface area contributed by atoms with E-state index in [4.69, 9.17) is 0 Å². The molecule has 0 fully saturated rings. The van der Waals surface area contributed by atoms with Gasteiger partial charge in [-0.3, -0.25) is 14.2 Å². The number of sulfonamides is 1. The zero-order valence-corrected chi connectivity index (χ0v) is 18.7. The predicted molar refractivity (Wildman–Crippen MR) is 118 cm³/mol. The van der Waals surface area contributed by atoms with Gasteiger partial charge in [0, 0.05) is 24.8 Å². The van der Waals surface area contributed by atoms with Crippen molar-refractivity contribution in [1.82, 2.24) is 9.78 Å². The molecule has 1 heterocycles. The van der Waals surface area contributed by atoms with Gasteiger partial charge in [0.05, 0.1) is 16.3 Å². The van der Waals surface area contributed by atoms with Gasteiger partial charge < -0.3 is 5.32 Å². The van der Waals surface area contributed by atoms with Crippen LogP contribution < -0.4 is 10.0 Å². The quantitative estimate of drug-likeness (QED) is 0.579. The number of amides is 1. The molecule has 0 unspecified atom stereocenters. The smallest absolute Gasteiger partial charge is 0.262 e. The number of para-hydroxylation sites is 1. The monoisotopic (exact) mass is 444 g/mol. The Morgan fingerprint density at radius 1 is 1.13 bits per heavy atom. The molecule has 3 rings (SSSR count). The number of carbonyl (C=O) groups is 1. The van der Waals surface area contributed by atoms with Crippen LogP contribution in [0.3, 0.4) is 0 Å². The third-order valence-corrected chi connectivity index (χ3v) is 6.65.